The molecule has 1 aliphatic rings. The Hall–Kier alpha value is -1.06. The molecule has 4 heteroatoms. The van der Waals surface area contributed by atoms with Crippen LogP contribution in [0.3, 0.4) is 0 Å². The summed E-state index contributed by atoms with van der Waals surface area (Å²) in [7, 11) is 0. The van der Waals surface area contributed by atoms with Crippen molar-refractivity contribution in [3.05, 3.63) is 0 Å². The Balaban J connectivity index is 2.69. The van der Waals surface area contributed by atoms with Crippen LogP contribution < -0.4 is 0 Å². The summed E-state index contributed by atoms with van der Waals surface area (Å²) < 4.78 is 5.15. The molecule has 0 bridgehead atoms. The molecule has 1 atom stereocenters. The predicted octanol–water partition coefficient (Wildman–Crippen LogP) is 1.73. The Labute approximate surface area is 96.9 Å². The molecule has 1 saturated heterocycles. The van der Waals surface area contributed by atoms with Crippen molar-refractivity contribution in [1.82, 2.24) is 4.90 Å². The Morgan fingerprint density at radius 3 is 2.31 bits per heavy atom. The lowest BCUT2D eigenvalue weighted by atomic mass is 10.0. The molecule has 0 aliphatic carbocycles. The highest BCUT2D eigenvalue weighted by molar-refractivity contribution is 5.90. The van der Waals surface area contributed by atoms with Crippen LogP contribution in [0.5, 0.6) is 0 Å². The van der Waals surface area contributed by atoms with E-state index in [1.54, 1.807) is 11.8 Å². The third-order valence-corrected chi connectivity index (χ3v) is 2.87. The van der Waals surface area contributed by atoms with Gasteiger partial charge in [-0.2, -0.15) is 0 Å². The molecule has 0 aromatic heterocycles. The van der Waals surface area contributed by atoms with Gasteiger partial charge in [-0.05, 0) is 19.8 Å². The van der Waals surface area contributed by atoms with Gasteiger partial charge in [0.2, 0.25) is 0 Å². The lowest BCUT2D eigenvalue weighted by Crippen LogP contribution is -2.47. The maximum absolute atomic E-state index is 12.2. The first-order chi connectivity index (χ1) is 7.53. The number of ether oxygens (including phenoxy) is 1. The van der Waals surface area contributed by atoms with Gasteiger partial charge in [-0.3, -0.25) is 9.59 Å². The minimum atomic E-state index is -0.915. The number of cyclic esters (lactones) is 1. The third-order valence-electron chi connectivity index (χ3n) is 2.87. The predicted molar refractivity (Wildman–Crippen MR) is 60.9 cm³/mol. The summed E-state index contributed by atoms with van der Waals surface area (Å²) in [5.74, 6) is -0.300. The van der Waals surface area contributed by atoms with Crippen LogP contribution in [0.2, 0.25) is 0 Å². The molecule has 92 valence electrons. The maximum Gasteiger partial charge on any atom is 0.307 e. The van der Waals surface area contributed by atoms with Crippen LogP contribution in [0, 0.1) is 0 Å². The summed E-state index contributed by atoms with van der Waals surface area (Å²) in [5.41, 5.74) is -0.915. The van der Waals surface area contributed by atoms with E-state index in [4.69, 9.17) is 4.74 Å². The molecule has 0 N–H and O–H groups in total. The molecule has 0 spiro atoms. The molecule has 1 aliphatic heterocycles. The molecule has 1 amide bonds. The van der Waals surface area contributed by atoms with Crippen LogP contribution in [0.15, 0.2) is 0 Å². The van der Waals surface area contributed by atoms with Gasteiger partial charge in [-0.1, -0.05) is 13.8 Å². The van der Waals surface area contributed by atoms with Gasteiger partial charge in [-0.15, -0.1) is 0 Å². The summed E-state index contributed by atoms with van der Waals surface area (Å²) in [6, 6.07) is 0. The van der Waals surface area contributed by atoms with E-state index in [1.807, 2.05) is 13.8 Å². The number of carbonyl (C=O) groups excluding carboxylic acids is 2. The van der Waals surface area contributed by atoms with E-state index in [9.17, 15) is 9.59 Å². The maximum atomic E-state index is 12.2. The number of hydrogen-bond donors (Lipinski definition) is 0. The molecule has 0 radical (unpaired) electrons. The van der Waals surface area contributed by atoms with Gasteiger partial charge in [0.25, 0.3) is 5.91 Å². The quantitative estimate of drug-likeness (QED) is 0.672. The van der Waals surface area contributed by atoms with E-state index in [-0.39, 0.29) is 11.9 Å². The summed E-state index contributed by atoms with van der Waals surface area (Å²) in [6.07, 6.45) is 2.72. The average Bonchev–Trinajstić information content (AvgIpc) is 2.59. The van der Waals surface area contributed by atoms with Gasteiger partial charge in [0.15, 0.2) is 5.60 Å². The molecule has 1 heterocycles. The van der Waals surface area contributed by atoms with E-state index in [0.29, 0.717) is 12.8 Å². The highest BCUT2D eigenvalue weighted by Gasteiger charge is 2.44. The zero-order valence-corrected chi connectivity index (χ0v) is 10.4. The molecule has 4 nitrogen and oxygen atoms in total. The van der Waals surface area contributed by atoms with Crippen LogP contribution >= 0.6 is 0 Å². The van der Waals surface area contributed by atoms with Crippen LogP contribution in [-0.2, 0) is 14.3 Å². The fourth-order valence-corrected chi connectivity index (χ4v) is 2.03. The summed E-state index contributed by atoms with van der Waals surface area (Å²) in [5, 5.41) is 0. The van der Waals surface area contributed by atoms with Crippen LogP contribution in [0.25, 0.3) is 0 Å². The van der Waals surface area contributed by atoms with Crippen molar-refractivity contribution in [1.29, 1.82) is 0 Å². The second-order valence-corrected chi connectivity index (χ2v) is 4.50. The van der Waals surface area contributed by atoms with E-state index < -0.39 is 5.60 Å². The first kappa shape index (κ1) is 13.0. The van der Waals surface area contributed by atoms with Crippen molar-refractivity contribution in [3.63, 3.8) is 0 Å². The monoisotopic (exact) mass is 227 g/mol. The van der Waals surface area contributed by atoms with Crippen molar-refractivity contribution >= 4 is 11.9 Å². The van der Waals surface area contributed by atoms with Crippen LogP contribution in [-0.4, -0.2) is 35.5 Å². The highest BCUT2D eigenvalue weighted by atomic mass is 16.6. The number of rotatable bonds is 5. The van der Waals surface area contributed by atoms with Gasteiger partial charge in [0.1, 0.15) is 0 Å². The van der Waals surface area contributed by atoms with Crippen LogP contribution in [0.4, 0.5) is 0 Å². The number of hydrogen-bond acceptors (Lipinski definition) is 3. The average molecular weight is 227 g/mol. The van der Waals surface area contributed by atoms with Gasteiger partial charge < -0.3 is 9.64 Å². The van der Waals surface area contributed by atoms with Crippen molar-refractivity contribution in [2.75, 3.05) is 13.1 Å². The Morgan fingerprint density at radius 1 is 1.38 bits per heavy atom. The second-order valence-electron chi connectivity index (χ2n) is 4.50. The van der Waals surface area contributed by atoms with Crippen molar-refractivity contribution < 1.29 is 14.3 Å². The van der Waals surface area contributed by atoms with Crippen molar-refractivity contribution in [2.45, 2.75) is 52.1 Å². The Kier molecular flexibility index (Phi) is 4.33. The number of carbonyl (C=O) groups is 2. The zero-order valence-electron chi connectivity index (χ0n) is 10.4. The lowest BCUT2D eigenvalue weighted by molar-refractivity contribution is -0.162. The molecule has 1 rings (SSSR count). The topological polar surface area (TPSA) is 46.6 Å². The number of nitrogens with zero attached hydrogens (tertiary/aromatic N) is 1. The molecule has 0 aromatic carbocycles. The lowest BCUT2D eigenvalue weighted by Gasteiger charge is -2.30. The molecule has 0 aromatic rings. The van der Waals surface area contributed by atoms with E-state index in [2.05, 4.69) is 0 Å². The summed E-state index contributed by atoms with van der Waals surface area (Å²) in [4.78, 5) is 25.2. The second kappa shape index (κ2) is 5.32. The first-order valence-corrected chi connectivity index (χ1v) is 6.04. The Bertz CT molecular complexity index is 271. The van der Waals surface area contributed by atoms with Gasteiger partial charge in [0, 0.05) is 25.9 Å². The standard InChI is InChI=1S/C12H21NO3/c1-4-8-13(9-5-2)11(15)12(3)7-6-10(14)16-12/h4-9H2,1-3H3. The highest BCUT2D eigenvalue weighted by Crippen LogP contribution is 2.28. The molecule has 16 heavy (non-hydrogen) atoms. The van der Waals surface area contributed by atoms with E-state index >= 15 is 0 Å². The van der Waals surface area contributed by atoms with Gasteiger partial charge in [0.05, 0.1) is 0 Å². The number of esters is 1. The largest absolute Gasteiger partial charge is 0.449 e. The Morgan fingerprint density at radius 2 is 1.94 bits per heavy atom. The minimum Gasteiger partial charge on any atom is -0.449 e. The van der Waals surface area contributed by atoms with Gasteiger partial charge in [-0.25, -0.2) is 0 Å². The normalized spacial score (nSPS) is 24.3. The van der Waals surface area contributed by atoms with E-state index in [0.717, 1.165) is 25.9 Å². The smallest absolute Gasteiger partial charge is 0.307 e. The zero-order chi connectivity index (χ0) is 12.2. The van der Waals surface area contributed by atoms with Crippen LogP contribution in [0.1, 0.15) is 46.5 Å². The first-order valence-electron chi connectivity index (χ1n) is 6.04. The molecule has 1 unspecified atom stereocenters. The third kappa shape index (κ3) is 2.74. The fraction of sp³-hybridized carbons (Fsp3) is 0.833. The van der Waals surface area contributed by atoms with Crippen molar-refractivity contribution in [2.24, 2.45) is 0 Å². The molecule has 1 fully saturated rings. The molecular weight excluding hydrogens is 206 g/mol. The minimum absolute atomic E-state index is 0.0398. The number of amides is 1. The SMILES string of the molecule is CCCN(CCC)C(=O)C1(C)CCC(=O)O1. The molecule has 0 saturated carbocycles. The molecular formula is C12H21NO3. The van der Waals surface area contributed by atoms with E-state index in [1.165, 1.54) is 0 Å². The fourth-order valence-electron chi connectivity index (χ4n) is 2.03. The van der Waals surface area contributed by atoms with Gasteiger partial charge >= 0.3 is 5.97 Å². The van der Waals surface area contributed by atoms with Crippen molar-refractivity contribution in [3.8, 4) is 0 Å². The summed E-state index contributed by atoms with van der Waals surface area (Å²) >= 11 is 0. The summed E-state index contributed by atoms with van der Waals surface area (Å²) in [6.45, 7) is 7.27.